The Bertz CT molecular complexity index is 788. The van der Waals surface area contributed by atoms with Crippen LogP contribution in [0.25, 0.3) is 11.3 Å². The Morgan fingerprint density at radius 2 is 1.89 bits per heavy atom. The number of piperidine rings is 1. The van der Waals surface area contributed by atoms with Crippen LogP contribution in [-0.4, -0.2) is 46.3 Å². The quantitative estimate of drug-likeness (QED) is 0.822. The van der Waals surface area contributed by atoms with Crippen molar-refractivity contribution in [3.8, 4) is 11.3 Å². The smallest absolute Gasteiger partial charge is 0.267 e. The Balaban J connectivity index is 0.00000261. The highest BCUT2D eigenvalue weighted by Crippen LogP contribution is 2.15. The molecule has 2 heterocycles. The molecule has 1 aromatic heterocycles. The molecular weight excluding hydrogens is 364 g/mol. The first kappa shape index (κ1) is 21.1. The molecule has 0 spiro atoms. The Morgan fingerprint density at radius 1 is 1.19 bits per heavy atom. The van der Waals surface area contributed by atoms with Gasteiger partial charge in [0.05, 0.1) is 5.69 Å². The summed E-state index contributed by atoms with van der Waals surface area (Å²) in [4.78, 5) is 27.1. The van der Waals surface area contributed by atoms with E-state index in [1.165, 1.54) is 10.7 Å². The summed E-state index contributed by atoms with van der Waals surface area (Å²) in [6, 6.07) is 13.1. The molecule has 6 nitrogen and oxygen atoms in total. The minimum Gasteiger partial charge on any atom is -0.338 e. The van der Waals surface area contributed by atoms with Gasteiger partial charge >= 0.3 is 0 Å². The number of nitrogens with one attached hydrogen (secondary N) is 1. The second-order valence-electron chi connectivity index (χ2n) is 6.65. The summed E-state index contributed by atoms with van der Waals surface area (Å²) in [7, 11) is 0. The maximum absolute atomic E-state index is 12.9. The van der Waals surface area contributed by atoms with Crippen LogP contribution in [0.3, 0.4) is 0 Å². The molecule has 146 valence electrons. The molecule has 0 aliphatic carbocycles. The summed E-state index contributed by atoms with van der Waals surface area (Å²) in [6.07, 6.45) is 2.82. The molecule has 1 aliphatic rings. The van der Waals surface area contributed by atoms with Crippen LogP contribution >= 0.6 is 12.4 Å². The fraction of sp³-hybridized carbons (Fsp3) is 0.450. The summed E-state index contributed by atoms with van der Waals surface area (Å²) in [5, 5.41) is 7.74. The SMILES string of the molecule is CCCN(C(=O)Cn1nc(-c2ccccc2)ccc1=O)C1CCNCC1.Cl. The Kier molecular flexibility index (Phi) is 8.00. The van der Waals surface area contributed by atoms with Crippen molar-refractivity contribution in [2.75, 3.05) is 19.6 Å². The Hall–Kier alpha value is -2.18. The highest BCUT2D eigenvalue weighted by Gasteiger charge is 2.25. The number of aromatic nitrogens is 2. The molecule has 1 saturated heterocycles. The van der Waals surface area contributed by atoms with Crippen molar-refractivity contribution in [1.82, 2.24) is 20.0 Å². The topological polar surface area (TPSA) is 67.2 Å². The standard InChI is InChI=1S/C20H26N4O2.ClH/c1-2-14-23(17-10-12-21-13-11-17)20(26)15-24-19(25)9-8-18(22-24)16-6-4-3-5-7-16;/h3-9,17,21H,2,10-15H2,1H3;1H. The predicted octanol–water partition coefficient (Wildman–Crippen LogP) is 2.32. The molecule has 1 amide bonds. The van der Waals surface area contributed by atoms with Crippen LogP contribution in [0, 0.1) is 0 Å². The first-order valence-electron chi connectivity index (χ1n) is 9.33. The van der Waals surface area contributed by atoms with Gasteiger partial charge < -0.3 is 10.2 Å². The zero-order valence-electron chi connectivity index (χ0n) is 15.6. The molecule has 0 radical (unpaired) electrons. The van der Waals surface area contributed by atoms with E-state index in [4.69, 9.17) is 0 Å². The molecule has 0 saturated carbocycles. The number of halogens is 1. The number of carbonyl (C=O) groups excluding carboxylic acids is 1. The van der Waals surface area contributed by atoms with Crippen molar-refractivity contribution in [2.45, 2.75) is 38.8 Å². The van der Waals surface area contributed by atoms with Crippen molar-refractivity contribution in [3.05, 3.63) is 52.8 Å². The molecule has 7 heteroatoms. The van der Waals surface area contributed by atoms with Gasteiger partial charge in [0.2, 0.25) is 5.91 Å². The van der Waals surface area contributed by atoms with Crippen molar-refractivity contribution in [1.29, 1.82) is 0 Å². The van der Waals surface area contributed by atoms with E-state index in [-0.39, 0.29) is 36.5 Å². The van der Waals surface area contributed by atoms with Crippen LogP contribution in [0.15, 0.2) is 47.3 Å². The summed E-state index contributed by atoms with van der Waals surface area (Å²) in [5.74, 6) is -0.0291. The van der Waals surface area contributed by atoms with Crippen molar-refractivity contribution >= 4 is 18.3 Å². The van der Waals surface area contributed by atoms with Gasteiger partial charge in [-0.15, -0.1) is 12.4 Å². The lowest BCUT2D eigenvalue weighted by Crippen LogP contribution is -2.48. The van der Waals surface area contributed by atoms with Gasteiger partial charge in [0.15, 0.2) is 0 Å². The minimum absolute atomic E-state index is 0. The summed E-state index contributed by atoms with van der Waals surface area (Å²) in [6.45, 7) is 4.64. The molecule has 1 N–H and O–H groups in total. The molecule has 1 aromatic carbocycles. The second-order valence-corrected chi connectivity index (χ2v) is 6.65. The van der Waals surface area contributed by atoms with Gasteiger partial charge in [0.1, 0.15) is 6.54 Å². The summed E-state index contributed by atoms with van der Waals surface area (Å²) >= 11 is 0. The monoisotopic (exact) mass is 390 g/mol. The van der Waals surface area contributed by atoms with E-state index in [1.807, 2.05) is 35.2 Å². The lowest BCUT2D eigenvalue weighted by atomic mass is 10.0. The average molecular weight is 391 g/mol. The van der Waals surface area contributed by atoms with Gasteiger partial charge in [-0.3, -0.25) is 9.59 Å². The molecule has 1 aliphatic heterocycles. The van der Waals surface area contributed by atoms with E-state index in [9.17, 15) is 9.59 Å². The number of hydrogen-bond acceptors (Lipinski definition) is 4. The second kappa shape index (κ2) is 10.2. The third kappa shape index (κ3) is 5.40. The molecule has 1 fully saturated rings. The highest BCUT2D eigenvalue weighted by molar-refractivity contribution is 5.85. The van der Waals surface area contributed by atoms with Crippen LogP contribution in [0.1, 0.15) is 26.2 Å². The Labute approximate surface area is 166 Å². The number of rotatable bonds is 6. The number of nitrogens with zero attached hydrogens (tertiary/aromatic N) is 3. The minimum atomic E-state index is -0.250. The number of benzene rings is 1. The summed E-state index contributed by atoms with van der Waals surface area (Å²) < 4.78 is 1.29. The van der Waals surface area contributed by atoms with Crippen molar-refractivity contribution < 1.29 is 4.79 Å². The fourth-order valence-corrected chi connectivity index (χ4v) is 3.41. The van der Waals surface area contributed by atoms with Gasteiger partial charge in [0, 0.05) is 24.2 Å². The van der Waals surface area contributed by atoms with Crippen LogP contribution in [0.4, 0.5) is 0 Å². The van der Waals surface area contributed by atoms with E-state index >= 15 is 0 Å². The lowest BCUT2D eigenvalue weighted by Gasteiger charge is -2.34. The maximum atomic E-state index is 12.9. The lowest BCUT2D eigenvalue weighted by molar-refractivity contribution is -0.135. The third-order valence-corrected chi connectivity index (χ3v) is 4.76. The molecule has 0 bridgehead atoms. The highest BCUT2D eigenvalue weighted by atomic mass is 35.5. The van der Waals surface area contributed by atoms with Crippen LogP contribution in [0.2, 0.25) is 0 Å². The largest absolute Gasteiger partial charge is 0.338 e. The van der Waals surface area contributed by atoms with E-state index in [1.54, 1.807) is 6.07 Å². The van der Waals surface area contributed by atoms with E-state index in [0.29, 0.717) is 5.69 Å². The molecular formula is C20H27ClN4O2. The molecule has 2 aromatic rings. The first-order valence-corrected chi connectivity index (χ1v) is 9.33. The van der Waals surface area contributed by atoms with Crippen LogP contribution in [0.5, 0.6) is 0 Å². The normalized spacial score (nSPS) is 14.4. The summed E-state index contributed by atoms with van der Waals surface area (Å²) in [5.41, 5.74) is 1.37. The third-order valence-electron chi connectivity index (χ3n) is 4.76. The number of hydrogen-bond donors (Lipinski definition) is 1. The van der Waals surface area contributed by atoms with Crippen molar-refractivity contribution in [3.63, 3.8) is 0 Å². The zero-order chi connectivity index (χ0) is 18.4. The van der Waals surface area contributed by atoms with Gasteiger partial charge in [-0.05, 0) is 38.4 Å². The van der Waals surface area contributed by atoms with E-state index < -0.39 is 0 Å². The van der Waals surface area contributed by atoms with Crippen LogP contribution < -0.4 is 10.9 Å². The van der Waals surface area contributed by atoms with Gasteiger partial charge in [-0.1, -0.05) is 37.3 Å². The maximum Gasteiger partial charge on any atom is 0.267 e. The average Bonchev–Trinajstić information content (AvgIpc) is 2.69. The number of amides is 1. The van der Waals surface area contributed by atoms with E-state index in [2.05, 4.69) is 17.3 Å². The molecule has 0 unspecified atom stereocenters. The molecule has 27 heavy (non-hydrogen) atoms. The van der Waals surface area contributed by atoms with Crippen LogP contribution in [-0.2, 0) is 11.3 Å². The van der Waals surface area contributed by atoms with Gasteiger partial charge in [0.25, 0.3) is 5.56 Å². The number of carbonyl (C=O) groups is 1. The zero-order valence-corrected chi connectivity index (χ0v) is 16.5. The fourth-order valence-electron chi connectivity index (χ4n) is 3.41. The van der Waals surface area contributed by atoms with Crippen molar-refractivity contribution in [2.24, 2.45) is 0 Å². The van der Waals surface area contributed by atoms with Gasteiger partial charge in [-0.2, -0.15) is 5.10 Å². The Morgan fingerprint density at radius 3 is 2.56 bits per heavy atom. The molecule has 3 rings (SSSR count). The predicted molar refractivity (Wildman–Crippen MR) is 109 cm³/mol. The van der Waals surface area contributed by atoms with E-state index in [0.717, 1.165) is 44.5 Å². The molecule has 0 atom stereocenters. The van der Waals surface area contributed by atoms with Gasteiger partial charge in [-0.25, -0.2) is 4.68 Å². The first-order chi connectivity index (χ1) is 12.7.